The predicted octanol–water partition coefficient (Wildman–Crippen LogP) is -1.39. The predicted molar refractivity (Wildman–Crippen MR) is 71.9 cm³/mol. The number of rotatable bonds is 6. The van der Waals surface area contributed by atoms with E-state index < -0.39 is 35.8 Å². The minimum Gasteiger partial charge on any atom is -0.480 e. The number of piperidine rings is 1. The molecule has 21 heavy (non-hydrogen) atoms. The number of hydrogen-bond acceptors (Lipinski definition) is 4. The lowest BCUT2D eigenvalue weighted by atomic mass is 9.98. The molecule has 0 bridgehead atoms. The van der Waals surface area contributed by atoms with Gasteiger partial charge in [0.25, 0.3) is 0 Å². The number of amides is 4. The highest BCUT2D eigenvalue weighted by Crippen LogP contribution is 2.16. The number of hydrogen-bond donors (Lipinski definition) is 4. The van der Waals surface area contributed by atoms with Crippen molar-refractivity contribution in [1.29, 1.82) is 0 Å². The molecule has 1 aliphatic heterocycles. The van der Waals surface area contributed by atoms with E-state index in [1.54, 1.807) is 0 Å². The molecule has 118 valence electrons. The Kier molecular flexibility index (Phi) is 5.94. The molecular weight excluding hydrogens is 280 g/mol. The normalized spacial score (nSPS) is 19.6. The highest BCUT2D eigenvalue weighted by molar-refractivity contribution is 5.84. The van der Waals surface area contributed by atoms with Crippen LogP contribution in [0.3, 0.4) is 0 Å². The van der Waals surface area contributed by atoms with Gasteiger partial charge >= 0.3 is 12.0 Å². The van der Waals surface area contributed by atoms with Crippen LogP contribution in [0, 0.1) is 5.92 Å². The molecule has 1 fully saturated rings. The van der Waals surface area contributed by atoms with E-state index >= 15 is 0 Å². The molecule has 0 aromatic heterocycles. The fourth-order valence-electron chi connectivity index (χ4n) is 2.18. The number of nitrogens with zero attached hydrogens (tertiary/aromatic N) is 1. The van der Waals surface area contributed by atoms with Crippen molar-refractivity contribution in [3.8, 4) is 0 Å². The minimum atomic E-state index is -1.24. The summed E-state index contributed by atoms with van der Waals surface area (Å²) in [7, 11) is 0. The van der Waals surface area contributed by atoms with Crippen molar-refractivity contribution in [2.45, 2.75) is 31.7 Å². The van der Waals surface area contributed by atoms with E-state index in [4.69, 9.17) is 16.6 Å². The summed E-state index contributed by atoms with van der Waals surface area (Å²) in [6.07, 6.45) is 1.02. The van der Waals surface area contributed by atoms with Crippen LogP contribution >= 0.6 is 0 Å². The summed E-state index contributed by atoms with van der Waals surface area (Å²) in [4.78, 5) is 46.2. The number of aliphatic carboxylic acids is 1. The van der Waals surface area contributed by atoms with E-state index in [1.807, 2.05) is 0 Å². The Labute approximate surface area is 121 Å². The van der Waals surface area contributed by atoms with Crippen LogP contribution < -0.4 is 16.8 Å². The van der Waals surface area contributed by atoms with Gasteiger partial charge in [0, 0.05) is 19.5 Å². The zero-order valence-corrected chi connectivity index (χ0v) is 11.6. The maximum Gasteiger partial charge on any atom is 0.326 e. The van der Waals surface area contributed by atoms with Crippen molar-refractivity contribution >= 4 is 23.8 Å². The van der Waals surface area contributed by atoms with E-state index in [-0.39, 0.29) is 19.4 Å². The van der Waals surface area contributed by atoms with Crippen molar-refractivity contribution in [3.63, 3.8) is 0 Å². The van der Waals surface area contributed by atoms with Crippen LogP contribution in [0.4, 0.5) is 4.79 Å². The molecule has 1 aliphatic rings. The molecule has 1 rings (SSSR count). The Morgan fingerprint density at radius 2 is 1.95 bits per heavy atom. The number of primary amides is 2. The molecule has 1 saturated heterocycles. The van der Waals surface area contributed by atoms with E-state index in [2.05, 4.69) is 5.32 Å². The maximum atomic E-state index is 12.0. The summed E-state index contributed by atoms with van der Waals surface area (Å²) in [5.74, 6) is -2.77. The number of nitrogens with two attached hydrogens (primary N) is 2. The number of nitrogens with one attached hydrogen (secondary N) is 1. The number of carbonyl (C=O) groups excluding carboxylic acids is 3. The third-order valence-corrected chi connectivity index (χ3v) is 3.39. The van der Waals surface area contributed by atoms with Gasteiger partial charge in [-0.2, -0.15) is 0 Å². The van der Waals surface area contributed by atoms with Crippen molar-refractivity contribution < 1.29 is 24.3 Å². The van der Waals surface area contributed by atoms with Gasteiger partial charge in [0.15, 0.2) is 0 Å². The summed E-state index contributed by atoms with van der Waals surface area (Å²) in [5.41, 5.74) is 10.2. The molecular formula is C12H20N4O5. The van der Waals surface area contributed by atoms with Crippen LogP contribution in [-0.4, -0.2) is 53.0 Å². The molecule has 0 spiro atoms. The van der Waals surface area contributed by atoms with Gasteiger partial charge in [-0.15, -0.1) is 0 Å². The first-order chi connectivity index (χ1) is 9.81. The minimum absolute atomic E-state index is 0.0799. The van der Waals surface area contributed by atoms with E-state index in [0.717, 1.165) is 0 Å². The van der Waals surface area contributed by atoms with Crippen molar-refractivity contribution in [2.75, 3.05) is 13.1 Å². The van der Waals surface area contributed by atoms with Gasteiger partial charge in [0.1, 0.15) is 6.04 Å². The fourth-order valence-corrected chi connectivity index (χ4v) is 2.18. The molecule has 4 amide bonds. The Balaban J connectivity index is 2.58. The Morgan fingerprint density at radius 3 is 2.48 bits per heavy atom. The SMILES string of the molecule is NC(=O)CCC(NC(=O)N1CCCC(C(N)=O)C1)C(=O)O. The third-order valence-electron chi connectivity index (χ3n) is 3.39. The Hall–Kier alpha value is -2.32. The van der Waals surface area contributed by atoms with Crippen LogP contribution in [0.5, 0.6) is 0 Å². The first-order valence-electron chi connectivity index (χ1n) is 6.67. The molecule has 2 atom stereocenters. The second-order valence-electron chi connectivity index (χ2n) is 5.03. The summed E-state index contributed by atoms with van der Waals surface area (Å²) in [6.45, 7) is 0.598. The average Bonchev–Trinajstić information content (AvgIpc) is 2.42. The van der Waals surface area contributed by atoms with Gasteiger partial charge in [-0.1, -0.05) is 0 Å². The van der Waals surface area contributed by atoms with E-state index in [0.29, 0.717) is 19.4 Å². The molecule has 0 aliphatic carbocycles. The number of carboxylic acid groups (broad SMARTS) is 1. The number of carbonyl (C=O) groups is 4. The first-order valence-corrected chi connectivity index (χ1v) is 6.67. The molecule has 1 heterocycles. The lowest BCUT2D eigenvalue weighted by Gasteiger charge is -2.32. The maximum absolute atomic E-state index is 12.0. The van der Waals surface area contributed by atoms with Crippen LogP contribution in [0.2, 0.25) is 0 Å². The van der Waals surface area contributed by atoms with Crippen molar-refractivity contribution in [1.82, 2.24) is 10.2 Å². The lowest BCUT2D eigenvalue weighted by molar-refractivity contribution is -0.139. The second kappa shape index (κ2) is 7.46. The van der Waals surface area contributed by atoms with Crippen LogP contribution in [-0.2, 0) is 14.4 Å². The van der Waals surface area contributed by atoms with Crippen LogP contribution in [0.15, 0.2) is 0 Å². The second-order valence-corrected chi connectivity index (χ2v) is 5.03. The van der Waals surface area contributed by atoms with Crippen molar-refractivity contribution in [2.24, 2.45) is 17.4 Å². The van der Waals surface area contributed by atoms with Gasteiger partial charge in [0.05, 0.1) is 5.92 Å². The number of likely N-dealkylation sites (tertiary alicyclic amines) is 1. The van der Waals surface area contributed by atoms with Crippen LogP contribution in [0.25, 0.3) is 0 Å². The largest absolute Gasteiger partial charge is 0.480 e. The zero-order chi connectivity index (χ0) is 16.0. The number of urea groups is 1. The highest BCUT2D eigenvalue weighted by atomic mass is 16.4. The van der Waals surface area contributed by atoms with Crippen LogP contribution in [0.1, 0.15) is 25.7 Å². The molecule has 0 radical (unpaired) electrons. The molecule has 0 aromatic rings. The van der Waals surface area contributed by atoms with Crippen molar-refractivity contribution in [3.05, 3.63) is 0 Å². The molecule has 9 nitrogen and oxygen atoms in total. The summed E-state index contributed by atoms with van der Waals surface area (Å²) in [6, 6.07) is -1.78. The summed E-state index contributed by atoms with van der Waals surface area (Å²) >= 11 is 0. The van der Waals surface area contributed by atoms with Gasteiger partial charge in [-0.3, -0.25) is 9.59 Å². The Bertz CT molecular complexity index is 439. The Morgan fingerprint density at radius 1 is 1.29 bits per heavy atom. The molecule has 2 unspecified atom stereocenters. The molecule has 9 heteroatoms. The zero-order valence-electron chi connectivity index (χ0n) is 11.6. The standard InChI is InChI=1S/C12H20N4O5/c13-9(17)4-3-8(11(19)20)15-12(21)16-5-1-2-7(6-16)10(14)18/h7-8H,1-6H2,(H2,13,17)(H2,14,18)(H,15,21)(H,19,20). The first kappa shape index (κ1) is 16.7. The molecule has 0 aromatic carbocycles. The molecule has 6 N–H and O–H groups in total. The van der Waals surface area contributed by atoms with E-state index in [9.17, 15) is 19.2 Å². The fraction of sp³-hybridized carbons (Fsp3) is 0.667. The van der Waals surface area contributed by atoms with Gasteiger partial charge in [0.2, 0.25) is 11.8 Å². The third kappa shape index (κ3) is 5.28. The van der Waals surface area contributed by atoms with Gasteiger partial charge < -0.3 is 26.8 Å². The highest BCUT2D eigenvalue weighted by Gasteiger charge is 2.29. The summed E-state index contributed by atoms with van der Waals surface area (Å²) in [5, 5.41) is 11.3. The quantitative estimate of drug-likeness (QED) is 0.475. The van der Waals surface area contributed by atoms with Gasteiger partial charge in [-0.05, 0) is 19.3 Å². The summed E-state index contributed by atoms with van der Waals surface area (Å²) < 4.78 is 0. The smallest absolute Gasteiger partial charge is 0.326 e. The number of carboxylic acids is 1. The molecule has 0 saturated carbocycles. The van der Waals surface area contributed by atoms with E-state index in [1.165, 1.54) is 4.90 Å². The topological polar surface area (TPSA) is 156 Å². The van der Waals surface area contributed by atoms with Gasteiger partial charge in [-0.25, -0.2) is 9.59 Å². The monoisotopic (exact) mass is 300 g/mol. The average molecular weight is 300 g/mol. The lowest BCUT2D eigenvalue weighted by Crippen LogP contribution is -2.52.